The first kappa shape index (κ1) is 29.3. The molecule has 5 N–H and O–H groups in total. The maximum atomic E-state index is 12.9. The van der Waals surface area contributed by atoms with Crippen LogP contribution in [-0.4, -0.2) is 44.7 Å². The highest BCUT2D eigenvalue weighted by Crippen LogP contribution is 2.24. The van der Waals surface area contributed by atoms with Crippen LogP contribution in [0.2, 0.25) is 0 Å². The fourth-order valence-corrected chi connectivity index (χ4v) is 3.59. The fourth-order valence-electron chi connectivity index (χ4n) is 3.59. The molecule has 0 bridgehead atoms. The molecular formula is C28H30FNO7. The number of aryl methyl sites for hydroxylation is 1. The Morgan fingerprint density at radius 2 is 1.35 bits per heavy atom. The Kier molecular flexibility index (Phi) is 11.6. The van der Waals surface area contributed by atoms with E-state index in [2.05, 4.69) is 5.32 Å². The van der Waals surface area contributed by atoms with Crippen LogP contribution >= 0.6 is 0 Å². The number of hydrogen-bond acceptors (Lipinski definition) is 6. The fraction of sp³-hybridized carbons (Fsp3) is 0.250. The molecule has 3 aromatic rings. The van der Waals surface area contributed by atoms with Crippen LogP contribution in [0.25, 0.3) is 0 Å². The topological polar surface area (TPSA) is 144 Å². The molecule has 0 aliphatic carbocycles. The third-order valence-electron chi connectivity index (χ3n) is 5.53. The van der Waals surface area contributed by atoms with Gasteiger partial charge in [0.15, 0.2) is 12.2 Å². The molecule has 4 rings (SSSR count). The molecule has 0 aromatic heterocycles. The van der Waals surface area contributed by atoms with Gasteiger partial charge < -0.3 is 25.7 Å². The second-order valence-corrected chi connectivity index (χ2v) is 8.30. The zero-order valence-electron chi connectivity index (χ0n) is 20.3. The normalized spacial score (nSPS) is 16.2. The summed E-state index contributed by atoms with van der Waals surface area (Å²) < 4.78 is 12.9. The molecule has 0 unspecified atom stereocenters. The van der Waals surface area contributed by atoms with Crippen molar-refractivity contribution in [3.05, 3.63) is 107 Å². The van der Waals surface area contributed by atoms with E-state index in [4.69, 9.17) is 20.4 Å². The minimum atomic E-state index is -1.41. The molecule has 196 valence electrons. The van der Waals surface area contributed by atoms with Gasteiger partial charge in [-0.3, -0.25) is 4.79 Å². The molecule has 1 saturated heterocycles. The van der Waals surface area contributed by atoms with E-state index in [9.17, 15) is 18.8 Å². The molecule has 3 atom stereocenters. The van der Waals surface area contributed by atoms with E-state index in [0.29, 0.717) is 24.0 Å². The predicted octanol–water partition coefficient (Wildman–Crippen LogP) is 3.74. The Balaban J connectivity index is 0.000000199. The Labute approximate surface area is 214 Å². The van der Waals surface area contributed by atoms with E-state index in [0.717, 1.165) is 17.7 Å². The number of hydrogen-bond donors (Lipinski definition) is 5. The zero-order chi connectivity index (χ0) is 27.4. The number of carboxylic acid groups (broad SMARTS) is 2. The first-order valence-corrected chi connectivity index (χ1v) is 11.5. The van der Waals surface area contributed by atoms with E-state index in [1.807, 2.05) is 6.92 Å². The van der Waals surface area contributed by atoms with Gasteiger partial charge in [0, 0.05) is 25.4 Å². The molecule has 0 amide bonds. The van der Waals surface area contributed by atoms with Crippen molar-refractivity contribution in [3.63, 3.8) is 0 Å². The van der Waals surface area contributed by atoms with Crippen molar-refractivity contribution in [2.45, 2.75) is 38.0 Å². The van der Waals surface area contributed by atoms with Crippen molar-refractivity contribution in [3.8, 4) is 0 Å². The van der Waals surface area contributed by atoms with E-state index in [-0.39, 0.29) is 17.6 Å². The zero-order valence-corrected chi connectivity index (χ0v) is 20.3. The first-order valence-electron chi connectivity index (χ1n) is 11.5. The number of Topliss-reactive ketones (excluding diaryl/α,β-unsaturated/α-hetero) is 1. The summed E-state index contributed by atoms with van der Waals surface area (Å²) in [5.41, 5.74) is 2.74. The van der Waals surface area contributed by atoms with Gasteiger partial charge in [-0.15, -0.1) is 0 Å². The Bertz CT molecular complexity index is 1120. The third-order valence-corrected chi connectivity index (χ3v) is 5.53. The summed E-state index contributed by atoms with van der Waals surface area (Å²) in [6, 6.07) is 21.3. The number of piperidine rings is 1. The molecule has 0 spiro atoms. The number of rotatable bonds is 5. The monoisotopic (exact) mass is 511 g/mol. The molecule has 0 radical (unpaired) electrons. The van der Waals surface area contributed by atoms with Crippen molar-refractivity contribution < 1.29 is 39.2 Å². The number of benzene rings is 3. The number of aliphatic hydroxyl groups is 2. The number of ketones is 1. The Hall–Kier alpha value is -3.92. The van der Waals surface area contributed by atoms with Gasteiger partial charge >= 0.3 is 11.9 Å². The molecular weight excluding hydrogens is 481 g/mol. The van der Waals surface area contributed by atoms with Crippen molar-refractivity contribution in [1.29, 1.82) is 0 Å². The first-order chi connectivity index (χ1) is 17.6. The van der Waals surface area contributed by atoms with Crippen LogP contribution in [0.3, 0.4) is 0 Å². The lowest BCUT2D eigenvalue weighted by Crippen LogP contribution is -2.32. The van der Waals surface area contributed by atoms with Crippen molar-refractivity contribution in [2.75, 3.05) is 6.54 Å². The summed E-state index contributed by atoms with van der Waals surface area (Å²) in [7, 11) is 0. The average molecular weight is 512 g/mol. The van der Waals surface area contributed by atoms with E-state index in [1.165, 1.54) is 12.1 Å². The van der Waals surface area contributed by atoms with Gasteiger partial charge in [0.1, 0.15) is 11.6 Å². The molecule has 8 nitrogen and oxygen atoms in total. The number of nitrogens with one attached hydrogen (secondary N) is 1. The summed E-state index contributed by atoms with van der Waals surface area (Å²) in [5.74, 6) is -2.40. The van der Waals surface area contributed by atoms with Gasteiger partial charge in [-0.05, 0) is 41.3 Å². The van der Waals surface area contributed by atoms with Crippen molar-refractivity contribution in [1.82, 2.24) is 5.32 Å². The number of aliphatic hydroxyl groups excluding tert-OH is 2. The number of carboxylic acids is 2. The quantitative estimate of drug-likeness (QED) is 0.349. The third kappa shape index (κ3) is 9.57. The lowest BCUT2D eigenvalue weighted by atomic mass is 9.93. The molecule has 3 aromatic carbocycles. The molecule has 1 aliphatic rings. The van der Waals surface area contributed by atoms with E-state index < -0.39 is 24.1 Å². The van der Waals surface area contributed by atoms with Crippen LogP contribution in [0.5, 0.6) is 0 Å². The molecule has 0 saturated carbocycles. The minimum Gasteiger partial charge on any atom is -0.479 e. The number of halogens is 1. The lowest BCUT2D eigenvalue weighted by molar-refractivity contribution is -0.147. The van der Waals surface area contributed by atoms with Gasteiger partial charge in [0.05, 0.1) is 0 Å². The van der Waals surface area contributed by atoms with Crippen LogP contribution in [0, 0.1) is 12.7 Å². The summed E-state index contributed by atoms with van der Waals surface area (Å²) in [6.07, 6.45) is -1.68. The maximum Gasteiger partial charge on any atom is 0.337 e. The lowest BCUT2D eigenvalue weighted by Gasteiger charge is -2.24. The standard InChI is InChI=1S/C12H14FNO.2C8H8O3/c1-8-6-9(13)2-3-11(8)12-7-10(15)4-5-14-12;2*9-7(8(10)11)6-4-2-1-3-5-6/h2-3,6,12,14H,4-5,7H2,1H3;2*1-5,7,9H,(H,10,11)/t12-;2*7-/m100/s1. The van der Waals surface area contributed by atoms with Crippen LogP contribution in [0.1, 0.15) is 53.3 Å². The van der Waals surface area contributed by atoms with Crippen LogP contribution < -0.4 is 5.32 Å². The van der Waals surface area contributed by atoms with Crippen molar-refractivity contribution in [2.24, 2.45) is 0 Å². The smallest absolute Gasteiger partial charge is 0.337 e. The largest absolute Gasteiger partial charge is 0.479 e. The highest BCUT2D eigenvalue weighted by Gasteiger charge is 2.21. The predicted molar refractivity (Wildman–Crippen MR) is 134 cm³/mol. The summed E-state index contributed by atoms with van der Waals surface area (Å²) in [4.78, 5) is 31.8. The highest BCUT2D eigenvalue weighted by molar-refractivity contribution is 5.80. The van der Waals surface area contributed by atoms with E-state index in [1.54, 1.807) is 66.7 Å². The minimum absolute atomic E-state index is 0.0619. The average Bonchev–Trinajstić information content (AvgIpc) is 2.89. The maximum absolute atomic E-state index is 12.9. The molecule has 1 heterocycles. The van der Waals surface area contributed by atoms with Gasteiger partial charge in [0.2, 0.25) is 0 Å². The number of aliphatic carboxylic acids is 2. The van der Waals surface area contributed by atoms with Gasteiger partial charge in [-0.2, -0.15) is 0 Å². The number of carbonyl (C=O) groups is 3. The van der Waals surface area contributed by atoms with Crippen LogP contribution in [0.4, 0.5) is 4.39 Å². The van der Waals surface area contributed by atoms with Gasteiger partial charge in [0.25, 0.3) is 0 Å². The van der Waals surface area contributed by atoms with Crippen molar-refractivity contribution >= 4 is 17.7 Å². The van der Waals surface area contributed by atoms with E-state index >= 15 is 0 Å². The van der Waals surface area contributed by atoms with Crippen LogP contribution in [0.15, 0.2) is 78.9 Å². The Morgan fingerprint density at radius 1 is 0.865 bits per heavy atom. The molecule has 9 heteroatoms. The Morgan fingerprint density at radius 3 is 1.76 bits per heavy atom. The van der Waals surface area contributed by atoms with Crippen LogP contribution in [-0.2, 0) is 14.4 Å². The molecule has 1 fully saturated rings. The number of carbonyl (C=O) groups excluding carboxylic acids is 1. The summed E-state index contributed by atoms with van der Waals surface area (Å²) in [5, 5.41) is 38.1. The summed E-state index contributed by atoms with van der Waals surface area (Å²) >= 11 is 0. The molecule has 37 heavy (non-hydrogen) atoms. The highest BCUT2D eigenvalue weighted by atomic mass is 19.1. The van der Waals surface area contributed by atoms with Gasteiger partial charge in [-0.1, -0.05) is 66.7 Å². The second-order valence-electron chi connectivity index (χ2n) is 8.30. The molecule has 1 aliphatic heterocycles. The summed E-state index contributed by atoms with van der Waals surface area (Å²) in [6.45, 7) is 2.60. The SMILES string of the molecule is Cc1cc(F)ccc1[C@H]1CC(=O)CCN1.O=C(O)[C@@H](O)c1ccccc1.O=C(O)[C@@H](O)c1ccccc1. The van der Waals surface area contributed by atoms with Gasteiger partial charge in [-0.25, -0.2) is 14.0 Å². The second kappa shape index (κ2) is 14.6.